The molecule has 0 saturated carbocycles. The summed E-state index contributed by atoms with van der Waals surface area (Å²) in [6.07, 6.45) is 2.23. The highest BCUT2D eigenvalue weighted by atomic mass is 16.5. The molecule has 2 aromatic carbocycles. The molecular formula is C22H23N3O3. The minimum absolute atomic E-state index is 0.100. The van der Waals surface area contributed by atoms with Gasteiger partial charge in [0.1, 0.15) is 11.6 Å². The Bertz CT molecular complexity index is 911. The number of carbonyl (C=O) groups is 2. The summed E-state index contributed by atoms with van der Waals surface area (Å²) in [6, 6.07) is 16.3. The lowest BCUT2D eigenvalue weighted by molar-refractivity contribution is -0.117. The van der Waals surface area contributed by atoms with Crippen molar-refractivity contribution in [1.82, 2.24) is 5.32 Å². The number of nitrogens with one attached hydrogen (secondary N) is 2. The Morgan fingerprint density at radius 1 is 1.18 bits per heavy atom. The smallest absolute Gasteiger partial charge is 0.339 e. The van der Waals surface area contributed by atoms with Gasteiger partial charge < -0.3 is 15.4 Å². The predicted molar refractivity (Wildman–Crippen MR) is 107 cm³/mol. The molecule has 1 atom stereocenters. The zero-order valence-corrected chi connectivity index (χ0v) is 16.2. The van der Waals surface area contributed by atoms with E-state index in [-0.39, 0.29) is 11.6 Å². The van der Waals surface area contributed by atoms with Crippen LogP contribution in [0, 0.1) is 11.3 Å². The number of para-hydroxylation sites is 1. The molecule has 2 rings (SSSR count). The molecule has 1 amide bonds. The SMILES string of the molecule is CCc1ccc(C(C)NC(=O)/C(C#N)=C\Nc2ccccc2C(=O)OC)cc1. The Hall–Kier alpha value is -3.59. The van der Waals surface area contributed by atoms with Crippen LogP contribution in [-0.4, -0.2) is 19.0 Å². The van der Waals surface area contributed by atoms with Gasteiger partial charge in [-0.25, -0.2) is 4.79 Å². The molecular weight excluding hydrogens is 354 g/mol. The van der Waals surface area contributed by atoms with Crippen molar-refractivity contribution in [3.63, 3.8) is 0 Å². The van der Waals surface area contributed by atoms with E-state index in [1.165, 1.54) is 18.9 Å². The monoisotopic (exact) mass is 377 g/mol. The standard InChI is InChI=1S/C22H23N3O3/c1-4-16-9-11-17(12-10-16)15(2)25-21(26)18(13-23)14-24-20-8-6-5-7-19(20)22(27)28-3/h5-12,14-15,24H,4H2,1-3H3,(H,25,26)/b18-14-. The van der Waals surface area contributed by atoms with Gasteiger partial charge in [0.15, 0.2) is 0 Å². The number of esters is 1. The number of nitrogens with zero attached hydrogens (tertiary/aromatic N) is 1. The summed E-state index contributed by atoms with van der Waals surface area (Å²) in [6.45, 7) is 3.93. The number of ether oxygens (including phenoxy) is 1. The molecule has 2 aromatic rings. The van der Waals surface area contributed by atoms with Crippen molar-refractivity contribution >= 4 is 17.6 Å². The van der Waals surface area contributed by atoms with Crippen molar-refractivity contribution < 1.29 is 14.3 Å². The first-order valence-electron chi connectivity index (χ1n) is 8.94. The van der Waals surface area contributed by atoms with Crippen molar-refractivity contribution in [1.29, 1.82) is 5.26 Å². The van der Waals surface area contributed by atoms with Crippen LogP contribution in [0.4, 0.5) is 5.69 Å². The normalized spacial score (nSPS) is 11.9. The van der Waals surface area contributed by atoms with Crippen molar-refractivity contribution in [3.05, 3.63) is 77.0 Å². The van der Waals surface area contributed by atoms with Crippen LogP contribution >= 0.6 is 0 Å². The van der Waals surface area contributed by atoms with Crippen LogP contribution in [0.3, 0.4) is 0 Å². The van der Waals surface area contributed by atoms with Crippen molar-refractivity contribution in [2.45, 2.75) is 26.3 Å². The van der Waals surface area contributed by atoms with Gasteiger partial charge in [-0.3, -0.25) is 4.79 Å². The molecule has 0 saturated heterocycles. The quantitative estimate of drug-likeness (QED) is 0.436. The Balaban J connectivity index is 2.11. The number of methoxy groups -OCH3 is 1. The van der Waals surface area contributed by atoms with Gasteiger partial charge in [-0.1, -0.05) is 43.3 Å². The highest BCUT2D eigenvalue weighted by molar-refractivity contribution is 5.99. The molecule has 0 radical (unpaired) electrons. The van der Waals surface area contributed by atoms with Gasteiger partial charge in [0, 0.05) is 6.20 Å². The number of hydrogen-bond donors (Lipinski definition) is 2. The van der Waals surface area contributed by atoms with E-state index in [4.69, 9.17) is 4.74 Å². The fraction of sp³-hybridized carbons (Fsp3) is 0.227. The maximum Gasteiger partial charge on any atom is 0.339 e. The first-order valence-corrected chi connectivity index (χ1v) is 8.94. The molecule has 144 valence electrons. The second-order valence-electron chi connectivity index (χ2n) is 6.14. The zero-order chi connectivity index (χ0) is 20.5. The average molecular weight is 377 g/mol. The zero-order valence-electron chi connectivity index (χ0n) is 16.2. The predicted octanol–water partition coefficient (Wildman–Crippen LogP) is 3.73. The highest BCUT2D eigenvalue weighted by Gasteiger charge is 2.15. The van der Waals surface area contributed by atoms with Gasteiger partial charge in [-0.05, 0) is 36.6 Å². The van der Waals surface area contributed by atoms with Crippen LogP contribution in [0.2, 0.25) is 0 Å². The number of rotatable bonds is 7. The molecule has 6 nitrogen and oxygen atoms in total. The van der Waals surface area contributed by atoms with Crippen molar-refractivity contribution in [2.75, 3.05) is 12.4 Å². The third-order valence-electron chi connectivity index (χ3n) is 4.31. The Kier molecular flexibility index (Phi) is 7.35. The third kappa shape index (κ3) is 5.21. The Morgan fingerprint density at radius 3 is 2.46 bits per heavy atom. The number of aryl methyl sites for hydroxylation is 1. The molecule has 1 unspecified atom stereocenters. The molecule has 0 bridgehead atoms. The van der Waals surface area contributed by atoms with Gasteiger partial charge in [0.05, 0.1) is 24.4 Å². The summed E-state index contributed by atoms with van der Waals surface area (Å²) in [7, 11) is 1.29. The first kappa shape index (κ1) is 20.7. The van der Waals surface area contributed by atoms with Crippen LogP contribution in [0.15, 0.2) is 60.3 Å². The van der Waals surface area contributed by atoms with E-state index in [0.29, 0.717) is 11.3 Å². The van der Waals surface area contributed by atoms with Gasteiger partial charge >= 0.3 is 5.97 Å². The van der Waals surface area contributed by atoms with Crippen molar-refractivity contribution in [2.24, 2.45) is 0 Å². The summed E-state index contributed by atoms with van der Waals surface area (Å²) >= 11 is 0. The molecule has 0 fully saturated rings. The average Bonchev–Trinajstić information content (AvgIpc) is 2.73. The highest BCUT2D eigenvalue weighted by Crippen LogP contribution is 2.17. The molecule has 0 aliphatic carbocycles. The lowest BCUT2D eigenvalue weighted by Crippen LogP contribution is -2.28. The summed E-state index contributed by atoms with van der Waals surface area (Å²) in [5, 5.41) is 15.0. The van der Waals surface area contributed by atoms with E-state index in [9.17, 15) is 14.9 Å². The molecule has 0 heterocycles. The fourth-order valence-corrected chi connectivity index (χ4v) is 2.60. The number of carbonyl (C=O) groups excluding carboxylic acids is 2. The number of amides is 1. The van der Waals surface area contributed by atoms with E-state index >= 15 is 0 Å². The second kappa shape index (κ2) is 9.93. The van der Waals surface area contributed by atoms with Crippen LogP contribution < -0.4 is 10.6 Å². The van der Waals surface area contributed by atoms with E-state index in [1.807, 2.05) is 37.3 Å². The number of benzene rings is 2. The first-order chi connectivity index (χ1) is 13.5. The maximum absolute atomic E-state index is 12.4. The van der Waals surface area contributed by atoms with E-state index < -0.39 is 11.9 Å². The Morgan fingerprint density at radius 2 is 1.86 bits per heavy atom. The van der Waals surface area contributed by atoms with Crippen molar-refractivity contribution in [3.8, 4) is 6.07 Å². The molecule has 0 aromatic heterocycles. The van der Waals surface area contributed by atoms with Gasteiger partial charge in [0.2, 0.25) is 0 Å². The molecule has 0 aliphatic heterocycles. The van der Waals surface area contributed by atoms with Crippen LogP contribution in [0.5, 0.6) is 0 Å². The van der Waals surface area contributed by atoms with E-state index in [2.05, 4.69) is 17.6 Å². The number of hydrogen-bond acceptors (Lipinski definition) is 5. The molecule has 6 heteroatoms. The van der Waals surface area contributed by atoms with Crippen LogP contribution in [-0.2, 0) is 16.0 Å². The van der Waals surface area contributed by atoms with Gasteiger partial charge in [-0.15, -0.1) is 0 Å². The number of anilines is 1. The fourth-order valence-electron chi connectivity index (χ4n) is 2.60. The summed E-state index contributed by atoms with van der Waals surface area (Å²) in [5.41, 5.74) is 2.82. The summed E-state index contributed by atoms with van der Waals surface area (Å²) < 4.78 is 4.73. The lowest BCUT2D eigenvalue weighted by Gasteiger charge is -2.14. The topological polar surface area (TPSA) is 91.2 Å². The maximum atomic E-state index is 12.4. The minimum Gasteiger partial charge on any atom is -0.465 e. The second-order valence-corrected chi connectivity index (χ2v) is 6.14. The van der Waals surface area contributed by atoms with Crippen LogP contribution in [0.25, 0.3) is 0 Å². The molecule has 2 N–H and O–H groups in total. The number of nitriles is 1. The molecule has 0 spiro atoms. The largest absolute Gasteiger partial charge is 0.465 e. The lowest BCUT2D eigenvalue weighted by atomic mass is 10.0. The van der Waals surface area contributed by atoms with E-state index in [1.54, 1.807) is 24.3 Å². The molecule has 0 aliphatic rings. The molecule has 28 heavy (non-hydrogen) atoms. The Labute approximate surface area is 164 Å². The summed E-state index contributed by atoms with van der Waals surface area (Å²) in [4.78, 5) is 24.2. The third-order valence-corrected chi connectivity index (χ3v) is 4.31. The minimum atomic E-state index is -0.511. The van der Waals surface area contributed by atoms with E-state index in [0.717, 1.165) is 12.0 Å². The summed E-state index contributed by atoms with van der Waals surface area (Å²) in [5.74, 6) is -1.01. The van der Waals surface area contributed by atoms with Crippen LogP contribution in [0.1, 0.15) is 41.4 Å². The van der Waals surface area contributed by atoms with Gasteiger partial charge in [0.25, 0.3) is 5.91 Å². The van der Waals surface area contributed by atoms with Gasteiger partial charge in [-0.2, -0.15) is 5.26 Å².